The first kappa shape index (κ1) is 12.5. The van der Waals surface area contributed by atoms with Crippen molar-refractivity contribution < 1.29 is 13.9 Å². The van der Waals surface area contributed by atoms with Crippen LogP contribution in [0.2, 0.25) is 0 Å². The van der Waals surface area contributed by atoms with Gasteiger partial charge in [-0.05, 0) is 13.0 Å². The number of halogens is 2. The Morgan fingerprint density at radius 2 is 1.75 bits per heavy atom. The van der Waals surface area contributed by atoms with Crippen LogP contribution in [0.5, 0.6) is 5.75 Å². The standard InChI is InChI=1S/C10H9F2NO.C2H6/c1-5-3-6-8(13(5)2)4-7(11)10(14)9(6)12;1-2/h3-4,14H,1-2H3;1-2H3. The van der Waals surface area contributed by atoms with Crippen molar-refractivity contribution >= 4 is 10.9 Å². The number of aromatic nitrogens is 1. The maximum atomic E-state index is 13.3. The molecule has 0 amide bonds. The van der Waals surface area contributed by atoms with Crippen molar-refractivity contribution in [1.29, 1.82) is 0 Å². The zero-order chi connectivity index (χ0) is 12.5. The molecular formula is C12H15F2NO. The summed E-state index contributed by atoms with van der Waals surface area (Å²) in [5, 5.41) is 9.28. The van der Waals surface area contributed by atoms with Crippen LogP contribution in [0.3, 0.4) is 0 Å². The molecule has 2 aromatic rings. The Kier molecular flexibility index (Phi) is 3.52. The van der Waals surface area contributed by atoms with Gasteiger partial charge in [-0.2, -0.15) is 0 Å². The van der Waals surface area contributed by atoms with Crippen molar-refractivity contribution in [3.05, 3.63) is 29.5 Å². The van der Waals surface area contributed by atoms with Gasteiger partial charge in [-0.25, -0.2) is 8.78 Å². The highest BCUT2D eigenvalue weighted by atomic mass is 19.1. The Hall–Kier alpha value is -1.58. The lowest BCUT2D eigenvalue weighted by Gasteiger charge is -2.01. The number of rotatable bonds is 0. The molecule has 0 unspecified atom stereocenters. The number of hydrogen-bond donors (Lipinski definition) is 1. The Labute approximate surface area is 93.1 Å². The fraction of sp³-hybridized carbons (Fsp3) is 0.333. The minimum Gasteiger partial charge on any atom is -0.503 e. The fourth-order valence-corrected chi connectivity index (χ4v) is 1.52. The van der Waals surface area contributed by atoms with E-state index in [1.807, 2.05) is 13.8 Å². The summed E-state index contributed by atoms with van der Waals surface area (Å²) < 4.78 is 28.0. The van der Waals surface area contributed by atoms with E-state index in [2.05, 4.69) is 0 Å². The summed E-state index contributed by atoms with van der Waals surface area (Å²) in [5.74, 6) is -2.75. The number of phenols is 1. The van der Waals surface area contributed by atoms with E-state index >= 15 is 0 Å². The van der Waals surface area contributed by atoms with Crippen LogP contribution in [0.15, 0.2) is 12.1 Å². The first-order chi connectivity index (χ1) is 7.52. The molecule has 88 valence electrons. The van der Waals surface area contributed by atoms with Crippen LogP contribution < -0.4 is 0 Å². The molecule has 0 fully saturated rings. The molecule has 2 rings (SSSR count). The molecule has 0 atom stereocenters. The Balaban J connectivity index is 0.000000606. The maximum absolute atomic E-state index is 13.3. The molecule has 0 radical (unpaired) electrons. The van der Waals surface area contributed by atoms with Crippen molar-refractivity contribution in [2.45, 2.75) is 20.8 Å². The van der Waals surface area contributed by atoms with Gasteiger partial charge in [0.2, 0.25) is 0 Å². The van der Waals surface area contributed by atoms with E-state index < -0.39 is 17.4 Å². The predicted molar refractivity (Wildman–Crippen MR) is 60.6 cm³/mol. The van der Waals surface area contributed by atoms with Crippen LogP contribution in [-0.2, 0) is 7.05 Å². The zero-order valence-corrected chi connectivity index (χ0v) is 9.81. The largest absolute Gasteiger partial charge is 0.503 e. The monoisotopic (exact) mass is 227 g/mol. The van der Waals surface area contributed by atoms with E-state index in [1.165, 1.54) is 0 Å². The van der Waals surface area contributed by atoms with E-state index in [1.54, 1.807) is 24.6 Å². The van der Waals surface area contributed by atoms with Gasteiger partial charge in [0, 0.05) is 24.2 Å². The second kappa shape index (κ2) is 4.51. The summed E-state index contributed by atoms with van der Waals surface area (Å²) >= 11 is 0. The molecule has 1 N–H and O–H groups in total. The van der Waals surface area contributed by atoms with Crippen molar-refractivity contribution in [1.82, 2.24) is 4.57 Å². The highest BCUT2D eigenvalue weighted by Crippen LogP contribution is 2.30. The lowest BCUT2D eigenvalue weighted by Crippen LogP contribution is -1.91. The van der Waals surface area contributed by atoms with E-state index in [-0.39, 0.29) is 5.39 Å². The fourth-order valence-electron chi connectivity index (χ4n) is 1.52. The van der Waals surface area contributed by atoms with Gasteiger partial charge < -0.3 is 9.67 Å². The lowest BCUT2D eigenvalue weighted by atomic mass is 10.2. The number of benzene rings is 1. The van der Waals surface area contributed by atoms with Crippen LogP contribution in [0.25, 0.3) is 10.9 Å². The first-order valence-electron chi connectivity index (χ1n) is 5.15. The second-order valence-corrected chi connectivity index (χ2v) is 3.30. The van der Waals surface area contributed by atoms with Gasteiger partial charge in [0.25, 0.3) is 0 Å². The third kappa shape index (κ3) is 1.75. The van der Waals surface area contributed by atoms with Crippen LogP contribution in [0.4, 0.5) is 8.78 Å². The number of fused-ring (bicyclic) bond motifs is 1. The van der Waals surface area contributed by atoms with Gasteiger partial charge >= 0.3 is 0 Å². The Bertz CT molecular complexity index is 517. The zero-order valence-electron chi connectivity index (χ0n) is 9.81. The Morgan fingerprint density at radius 3 is 2.31 bits per heavy atom. The van der Waals surface area contributed by atoms with Gasteiger partial charge in [-0.1, -0.05) is 13.8 Å². The van der Waals surface area contributed by atoms with Crippen molar-refractivity contribution in [2.24, 2.45) is 7.05 Å². The number of hydrogen-bond acceptors (Lipinski definition) is 1. The SMILES string of the molecule is CC.Cc1cc2c(F)c(O)c(F)cc2n1C. The van der Waals surface area contributed by atoms with Gasteiger partial charge in [-0.3, -0.25) is 0 Å². The summed E-state index contributed by atoms with van der Waals surface area (Å²) in [5.41, 5.74) is 1.25. The lowest BCUT2D eigenvalue weighted by molar-refractivity contribution is 0.400. The van der Waals surface area contributed by atoms with Gasteiger partial charge in [0.05, 0.1) is 5.52 Å². The summed E-state index contributed by atoms with van der Waals surface area (Å²) in [6.45, 7) is 5.79. The van der Waals surface area contributed by atoms with Gasteiger partial charge in [0.15, 0.2) is 17.4 Å². The summed E-state index contributed by atoms with van der Waals surface area (Å²) in [6, 6.07) is 2.70. The molecule has 2 nitrogen and oxygen atoms in total. The van der Waals surface area contributed by atoms with Crippen LogP contribution in [-0.4, -0.2) is 9.67 Å². The third-order valence-corrected chi connectivity index (χ3v) is 2.45. The number of aryl methyl sites for hydroxylation is 2. The molecule has 1 heterocycles. The highest BCUT2D eigenvalue weighted by molar-refractivity contribution is 5.83. The smallest absolute Gasteiger partial charge is 0.188 e. The number of phenolic OH excluding ortho intramolecular Hbond substituents is 1. The highest BCUT2D eigenvalue weighted by Gasteiger charge is 2.15. The molecule has 4 heteroatoms. The molecule has 0 spiro atoms. The Morgan fingerprint density at radius 1 is 1.19 bits per heavy atom. The topological polar surface area (TPSA) is 25.2 Å². The van der Waals surface area contributed by atoms with E-state index in [0.717, 1.165) is 11.8 Å². The summed E-state index contributed by atoms with van der Waals surface area (Å²) in [7, 11) is 1.72. The second-order valence-electron chi connectivity index (χ2n) is 3.30. The molecule has 0 saturated heterocycles. The van der Waals surface area contributed by atoms with Crippen molar-refractivity contribution in [3.8, 4) is 5.75 Å². The number of aromatic hydroxyl groups is 1. The van der Waals surface area contributed by atoms with Crippen LogP contribution in [0, 0.1) is 18.6 Å². The van der Waals surface area contributed by atoms with Crippen molar-refractivity contribution in [3.63, 3.8) is 0 Å². The quantitative estimate of drug-likeness (QED) is 0.732. The van der Waals surface area contributed by atoms with Crippen LogP contribution in [0.1, 0.15) is 19.5 Å². The van der Waals surface area contributed by atoms with E-state index in [9.17, 15) is 8.78 Å². The molecule has 0 aliphatic heterocycles. The minimum atomic E-state index is -0.934. The van der Waals surface area contributed by atoms with Crippen molar-refractivity contribution in [2.75, 3.05) is 0 Å². The normalized spacial score (nSPS) is 10.1. The summed E-state index contributed by atoms with van der Waals surface area (Å²) in [4.78, 5) is 0. The number of nitrogens with zero attached hydrogens (tertiary/aromatic N) is 1. The summed E-state index contributed by atoms with van der Waals surface area (Å²) in [6.07, 6.45) is 0. The van der Waals surface area contributed by atoms with E-state index in [4.69, 9.17) is 5.11 Å². The average Bonchev–Trinajstić information content (AvgIpc) is 2.57. The molecule has 0 aliphatic rings. The first-order valence-corrected chi connectivity index (χ1v) is 5.15. The molecular weight excluding hydrogens is 212 g/mol. The minimum absolute atomic E-state index is 0.240. The van der Waals surface area contributed by atoms with Gasteiger partial charge in [-0.15, -0.1) is 0 Å². The van der Waals surface area contributed by atoms with Gasteiger partial charge in [0.1, 0.15) is 0 Å². The maximum Gasteiger partial charge on any atom is 0.188 e. The van der Waals surface area contributed by atoms with Crippen LogP contribution >= 0.6 is 0 Å². The third-order valence-electron chi connectivity index (χ3n) is 2.45. The molecule has 0 aliphatic carbocycles. The molecule has 1 aromatic carbocycles. The predicted octanol–water partition coefficient (Wildman–Crippen LogP) is 3.50. The molecule has 0 bridgehead atoms. The molecule has 16 heavy (non-hydrogen) atoms. The average molecular weight is 227 g/mol. The van der Waals surface area contributed by atoms with E-state index in [0.29, 0.717) is 5.52 Å². The molecule has 1 aromatic heterocycles. The molecule has 0 saturated carbocycles.